The van der Waals surface area contributed by atoms with Gasteiger partial charge in [-0.3, -0.25) is 0 Å². The molecule has 0 heterocycles. The van der Waals surface area contributed by atoms with E-state index in [1.54, 1.807) is 30.3 Å². The van der Waals surface area contributed by atoms with Crippen LogP contribution in [0.15, 0.2) is 41.8 Å². The van der Waals surface area contributed by atoms with Gasteiger partial charge in [-0.05, 0) is 24.3 Å². The largest absolute Gasteiger partial charge is 0.382 e. The number of hydrogen-bond donors (Lipinski definition) is 1. The molecule has 1 aromatic rings. The summed E-state index contributed by atoms with van der Waals surface area (Å²) in [6.45, 7) is 4.24. The lowest BCUT2D eigenvalue weighted by Gasteiger charge is -2.03. The highest BCUT2D eigenvalue weighted by Crippen LogP contribution is 2.13. The number of benzene rings is 1. The fraction of sp³-hybridized carbons (Fsp3) is 0.200. The van der Waals surface area contributed by atoms with E-state index < -0.39 is 9.84 Å². The summed E-state index contributed by atoms with van der Waals surface area (Å²) in [5, 5.41) is 3.06. The molecule has 0 unspecified atom stereocenters. The molecule has 3 nitrogen and oxygen atoms in total. The maximum atomic E-state index is 11.1. The predicted octanol–water partition coefficient (Wildman–Crippen LogP) is 1.69. The van der Waals surface area contributed by atoms with Gasteiger partial charge in [0, 0.05) is 18.5 Å². The normalized spacial score (nSPS) is 10.9. The van der Waals surface area contributed by atoms with Crippen molar-refractivity contribution in [2.45, 2.75) is 4.90 Å². The van der Waals surface area contributed by atoms with Gasteiger partial charge in [0.05, 0.1) is 4.90 Å². The molecule has 0 radical (unpaired) electrons. The molecule has 0 bridgehead atoms. The van der Waals surface area contributed by atoms with E-state index in [1.807, 2.05) is 0 Å². The molecule has 0 fully saturated rings. The molecule has 0 aliphatic carbocycles. The Hall–Kier alpha value is -1.29. The molecule has 0 saturated carbocycles. The van der Waals surface area contributed by atoms with Crippen LogP contribution in [0.4, 0.5) is 5.69 Å². The first-order valence-corrected chi connectivity index (χ1v) is 6.08. The van der Waals surface area contributed by atoms with E-state index in [4.69, 9.17) is 0 Å². The summed E-state index contributed by atoms with van der Waals surface area (Å²) in [5.41, 5.74) is 0.886. The maximum Gasteiger partial charge on any atom is 0.175 e. The van der Waals surface area contributed by atoms with Gasteiger partial charge in [-0.25, -0.2) is 8.42 Å². The van der Waals surface area contributed by atoms with Crippen LogP contribution in [0.25, 0.3) is 0 Å². The Morgan fingerprint density at radius 3 is 2.36 bits per heavy atom. The molecule has 14 heavy (non-hydrogen) atoms. The first kappa shape index (κ1) is 10.8. The number of sulfone groups is 1. The van der Waals surface area contributed by atoms with Crippen molar-refractivity contribution < 1.29 is 8.42 Å². The van der Waals surface area contributed by atoms with Crippen LogP contribution in [-0.4, -0.2) is 21.2 Å². The summed E-state index contributed by atoms with van der Waals surface area (Å²) in [7, 11) is -3.09. The van der Waals surface area contributed by atoms with Crippen molar-refractivity contribution in [2.24, 2.45) is 0 Å². The van der Waals surface area contributed by atoms with Gasteiger partial charge < -0.3 is 5.32 Å². The summed E-state index contributed by atoms with van der Waals surface area (Å²) < 4.78 is 22.2. The maximum absolute atomic E-state index is 11.1. The zero-order valence-corrected chi connectivity index (χ0v) is 8.84. The van der Waals surface area contributed by atoms with Crippen LogP contribution in [0.1, 0.15) is 0 Å². The van der Waals surface area contributed by atoms with Crippen molar-refractivity contribution in [3.05, 3.63) is 36.9 Å². The average Bonchev–Trinajstić information content (AvgIpc) is 2.14. The van der Waals surface area contributed by atoms with Crippen LogP contribution >= 0.6 is 0 Å². The molecule has 76 valence electrons. The lowest BCUT2D eigenvalue weighted by atomic mass is 10.3. The SMILES string of the molecule is C=CCNc1ccc(S(C)(=O)=O)cc1. The third kappa shape index (κ3) is 2.88. The van der Waals surface area contributed by atoms with Crippen LogP contribution in [0.5, 0.6) is 0 Å². The second-order valence-electron chi connectivity index (χ2n) is 2.97. The number of rotatable bonds is 4. The minimum Gasteiger partial charge on any atom is -0.382 e. The fourth-order valence-electron chi connectivity index (χ4n) is 1.01. The van der Waals surface area contributed by atoms with Gasteiger partial charge in [-0.15, -0.1) is 6.58 Å². The predicted molar refractivity (Wildman–Crippen MR) is 58.2 cm³/mol. The monoisotopic (exact) mass is 211 g/mol. The summed E-state index contributed by atoms with van der Waals surface area (Å²) in [6.07, 6.45) is 2.93. The zero-order chi connectivity index (χ0) is 10.6. The Morgan fingerprint density at radius 2 is 1.93 bits per heavy atom. The summed E-state index contributed by atoms with van der Waals surface area (Å²) >= 11 is 0. The van der Waals surface area contributed by atoms with Crippen LogP contribution in [-0.2, 0) is 9.84 Å². The Balaban J connectivity index is 2.84. The van der Waals surface area contributed by atoms with Crippen molar-refractivity contribution in [2.75, 3.05) is 18.1 Å². The molecule has 0 amide bonds. The first-order chi connectivity index (χ1) is 6.54. The van der Waals surface area contributed by atoms with Crippen molar-refractivity contribution in [3.63, 3.8) is 0 Å². The second-order valence-corrected chi connectivity index (χ2v) is 4.98. The Morgan fingerprint density at radius 1 is 1.36 bits per heavy atom. The molecule has 1 aromatic carbocycles. The first-order valence-electron chi connectivity index (χ1n) is 4.19. The second kappa shape index (κ2) is 4.28. The quantitative estimate of drug-likeness (QED) is 0.771. The van der Waals surface area contributed by atoms with Crippen LogP contribution in [0, 0.1) is 0 Å². The molecule has 0 saturated heterocycles. The van der Waals surface area contributed by atoms with Gasteiger partial charge in [-0.2, -0.15) is 0 Å². The topological polar surface area (TPSA) is 46.2 Å². The van der Waals surface area contributed by atoms with Crippen molar-refractivity contribution in [3.8, 4) is 0 Å². The zero-order valence-electron chi connectivity index (χ0n) is 8.03. The minimum absolute atomic E-state index is 0.335. The van der Waals surface area contributed by atoms with Crippen molar-refractivity contribution in [1.82, 2.24) is 0 Å². The molecule has 1 rings (SSSR count). The molecular weight excluding hydrogens is 198 g/mol. The van der Waals surface area contributed by atoms with Gasteiger partial charge in [-0.1, -0.05) is 6.08 Å². The molecule has 0 aromatic heterocycles. The fourth-order valence-corrected chi connectivity index (χ4v) is 1.64. The lowest BCUT2D eigenvalue weighted by molar-refractivity contribution is 0.602. The van der Waals surface area contributed by atoms with Crippen LogP contribution < -0.4 is 5.32 Å². The highest BCUT2D eigenvalue weighted by atomic mass is 32.2. The van der Waals surface area contributed by atoms with E-state index in [2.05, 4.69) is 11.9 Å². The van der Waals surface area contributed by atoms with E-state index in [9.17, 15) is 8.42 Å². The van der Waals surface area contributed by atoms with E-state index in [0.29, 0.717) is 11.4 Å². The number of hydrogen-bond acceptors (Lipinski definition) is 3. The molecule has 0 spiro atoms. The van der Waals surface area contributed by atoms with E-state index in [-0.39, 0.29) is 0 Å². The minimum atomic E-state index is -3.09. The Bertz CT molecular complexity index is 406. The third-order valence-electron chi connectivity index (χ3n) is 1.73. The van der Waals surface area contributed by atoms with Crippen molar-refractivity contribution in [1.29, 1.82) is 0 Å². The summed E-state index contributed by atoms with van der Waals surface area (Å²) in [5.74, 6) is 0. The van der Waals surface area contributed by atoms with E-state index in [0.717, 1.165) is 5.69 Å². The van der Waals surface area contributed by atoms with Gasteiger partial charge in [0.25, 0.3) is 0 Å². The van der Waals surface area contributed by atoms with Gasteiger partial charge in [0.15, 0.2) is 9.84 Å². The number of anilines is 1. The Kier molecular flexibility index (Phi) is 3.30. The average molecular weight is 211 g/mol. The highest BCUT2D eigenvalue weighted by molar-refractivity contribution is 7.90. The summed E-state index contributed by atoms with van der Waals surface area (Å²) in [4.78, 5) is 0.335. The molecule has 0 atom stereocenters. The summed E-state index contributed by atoms with van der Waals surface area (Å²) in [6, 6.07) is 6.64. The molecule has 0 aliphatic heterocycles. The smallest absolute Gasteiger partial charge is 0.175 e. The molecule has 4 heteroatoms. The van der Waals surface area contributed by atoms with Gasteiger partial charge in [0.2, 0.25) is 0 Å². The molecular formula is C10H13NO2S. The van der Waals surface area contributed by atoms with E-state index in [1.165, 1.54) is 6.26 Å². The van der Waals surface area contributed by atoms with Gasteiger partial charge in [0.1, 0.15) is 0 Å². The Labute approximate surface area is 84.4 Å². The lowest BCUT2D eigenvalue weighted by Crippen LogP contribution is -1.99. The standard InChI is InChI=1S/C10H13NO2S/c1-3-8-11-9-4-6-10(7-5-9)14(2,12)13/h3-7,11H,1,8H2,2H3. The van der Waals surface area contributed by atoms with Crippen molar-refractivity contribution >= 4 is 15.5 Å². The highest BCUT2D eigenvalue weighted by Gasteiger charge is 2.05. The van der Waals surface area contributed by atoms with Crippen LogP contribution in [0.2, 0.25) is 0 Å². The van der Waals surface area contributed by atoms with Crippen LogP contribution in [0.3, 0.4) is 0 Å². The van der Waals surface area contributed by atoms with Gasteiger partial charge >= 0.3 is 0 Å². The molecule has 0 aliphatic rings. The molecule has 1 N–H and O–H groups in total. The third-order valence-corrected chi connectivity index (χ3v) is 2.86. The van der Waals surface area contributed by atoms with E-state index >= 15 is 0 Å². The number of nitrogens with one attached hydrogen (secondary N) is 1.